The summed E-state index contributed by atoms with van der Waals surface area (Å²) >= 11 is 0. The van der Waals surface area contributed by atoms with Crippen molar-refractivity contribution < 1.29 is 4.79 Å². The lowest BCUT2D eigenvalue weighted by molar-refractivity contribution is -0.123. The van der Waals surface area contributed by atoms with Gasteiger partial charge in [0.1, 0.15) is 5.54 Å². The third-order valence-corrected chi connectivity index (χ3v) is 2.44. The molecule has 0 aliphatic carbocycles. The van der Waals surface area contributed by atoms with E-state index < -0.39 is 5.54 Å². The van der Waals surface area contributed by atoms with Crippen molar-refractivity contribution in [2.75, 3.05) is 6.54 Å². The smallest absolute Gasteiger partial charge is 0.252 e. The van der Waals surface area contributed by atoms with Crippen LogP contribution in [0.2, 0.25) is 0 Å². The molecule has 4 heteroatoms. The van der Waals surface area contributed by atoms with Crippen LogP contribution in [0.3, 0.4) is 0 Å². The van der Waals surface area contributed by atoms with E-state index in [1.54, 1.807) is 0 Å². The number of guanidine groups is 1. The van der Waals surface area contributed by atoms with Crippen LogP contribution in [-0.2, 0) is 4.79 Å². The van der Waals surface area contributed by atoms with Gasteiger partial charge in [0.2, 0.25) is 0 Å². The van der Waals surface area contributed by atoms with Gasteiger partial charge in [-0.1, -0.05) is 20.8 Å². The maximum Gasteiger partial charge on any atom is 0.252 e. The molecule has 86 valence electrons. The van der Waals surface area contributed by atoms with E-state index in [1.165, 1.54) is 0 Å². The molecule has 1 saturated heterocycles. The Hall–Kier alpha value is -1.06. The second-order valence-electron chi connectivity index (χ2n) is 4.74. The van der Waals surface area contributed by atoms with Gasteiger partial charge in [0.05, 0.1) is 0 Å². The molecule has 0 aromatic carbocycles. The van der Waals surface area contributed by atoms with Gasteiger partial charge in [-0.3, -0.25) is 15.1 Å². The molecule has 0 bridgehead atoms. The normalized spacial score (nSPS) is 28.3. The Kier molecular flexibility index (Phi) is 3.72. The molecular formula is C11H21N3O. The van der Waals surface area contributed by atoms with Gasteiger partial charge in [-0.2, -0.15) is 0 Å². The van der Waals surface area contributed by atoms with Crippen molar-refractivity contribution in [3.05, 3.63) is 0 Å². The van der Waals surface area contributed by atoms with Crippen LogP contribution in [0.25, 0.3) is 0 Å². The second-order valence-corrected chi connectivity index (χ2v) is 4.74. The van der Waals surface area contributed by atoms with E-state index in [-0.39, 0.29) is 5.91 Å². The number of hydrogen-bond donors (Lipinski definition) is 2. The minimum Gasteiger partial charge on any atom is -0.342 e. The minimum atomic E-state index is -0.485. The van der Waals surface area contributed by atoms with Crippen LogP contribution in [0, 0.1) is 5.92 Å². The predicted octanol–water partition coefficient (Wildman–Crippen LogP) is 1.28. The summed E-state index contributed by atoms with van der Waals surface area (Å²) in [7, 11) is 0. The molecule has 1 amide bonds. The number of aliphatic imine (C=N–C) groups is 1. The summed E-state index contributed by atoms with van der Waals surface area (Å²) in [6.45, 7) is 8.97. The summed E-state index contributed by atoms with van der Waals surface area (Å²) in [4.78, 5) is 16.0. The van der Waals surface area contributed by atoms with Crippen molar-refractivity contribution in [2.45, 2.75) is 46.1 Å². The van der Waals surface area contributed by atoms with Gasteiger partial charge in [0.15, 0.2) is 5.96 Å². The zero-order valence-corrected chi connectivity index (χ0v) is 10.1. The number of nitrogens with zero attached hydrogens (tertiary/aromatic N) is 1. The van der Waals surface area contributed by atoms with E-state index in [0.717, 1.165) is 19.4 Å². The molecule has 0 saturated carbocycles. The number of carbonyl (C=O) groups is 1. The van der Waals surface area contributed by atoms with Crippen molar-refractivity contribution in [2.24, 2.45) is 10.9 Å². The largest absolute Gasteiger partial charge is 0.342 e. The van der Waals surface area contributed by atoms with Gasteiger partial charge < -0.3 is 5.32 Å². The topological polar surface area (TPSA) is 53.5 Å². The van der Waals surface area contributed by atoms with Crippen molar-refractivity contribution in [3.8, 4) is 0 Å². The van der Waals surface area contributed by atoms with Crippen LogP contribution in [-0.4, -0.2) is 24.0 Å². The van der Waals surface area contributed by atoms with E-state index in [4.69, 9.17) is 0 Å². The molecule has 15 heavy (non-hydrogen) atoms. The van der Waals surface area contributed by atoms with E-state index in [9.17, 15) is 4.79 Å². The monoisotopic (exact) mass is 211 g/mol. The second kappa shape index (κ2) is 4.64. The number of hydrogen-bond acceptors (Lipinski definition) is 2. The summed E-state index contributed by atoms with van der Waals surface area (Å²) in [6.07, 6.45) is 1.81. The van der Waals surface area contributed by atoms with Crippen LogP contribution in [0.4, 0.5) is 0 Å². The molecular weight excluding hydrogens is 190 g/mol. The highest BCUT2D eigenvalue weighted by molar-refractivity contribution is 6.08. The predicted molar refractivity (Wildman–Crippen MR) is 61.7 cm³/mol. The zero-order valence-electron chi connectivity index (χ0n) is 10.1. The van der Waals surface area contributed by atoms with Crippen LogP contribution >= 0.6 is 0 Å². The molecule has 1 unspecified atom stereocenters. The third-order valence-electron chi connectivity index (χ3n) is 2.44. The van der Waals surface area contributed by atoms with Crippen LogP contribution < -0.4 is 10.6 Å². The Morgan fingerprint density at radius 1 is 1.47 bits per heavy atom. The van der Waals surface area contributed by atoms with Crippen molar-refractivity contribution in [1.29, 1.82) is 0 Å². The highest BCUT2D eigenvalue weighted by atomic mass is 16.2. The first-order chi connectivity index (χ1) is 6.98. The number of carbonyl (C=O) groups excluding carboxylic acids is 1. The molecule has 0 aromatic rings. The van der Waals surface area contributed by atoms with Gasteiger partial charge in [0.25, 0.3) is 5.91 Å². The van der Waals surface area contributed by atoms with E-state index in [2.05, 4.69) is 36.4 Å². The van der Waals surface area contributed by atoms with Crippen molar-refractivity contribution in [1.82, 2.24) is 10.6 Å². The summed E-state index contributed by atoms with van der Waals surface area (Å²) in [5.74, 6) is 1.15. The summed E-state index contributed by atoms with van der Waals surface area (Å²) in [5.41, 5.74) is -0.485. The van der Waals surface area contributed by atoms with E-state index in [0.29, 0.717) is 11.9 Å². The van der Waals surface area contributed by atoms with Crippen LogP contribution in [0.15, 0.2) is 4.99 Å². The highest BCUT2D eigenvalue weighted by Crippen LogP contribution is 2.19. The lowest BCUT2D eigenvalue weighted by Gasteiger charge is -2.22. The molecule has 1 fully saturated rings. The maximum atomic E-state index is 11.8. The molecule has 1 aliphatic rings. The molecule has 0 aromatic heterocycles. The SMILES string of the molecule is CCCN=C1NC(=O)C(C)(CC(C)C)N1. The molecule has 0 radical (unpaired) electrons. The Morgan fingerprint density at radius 2 is 2.13 bits per heavy atom. The van der Waals surface area contributed by atoms with Gasteiger partial charge in [-0.25, -0.2) is 0 Å². The first-order valence-electron chi connectivity index (χ1n) is 5.62. The standard InChI is InChI=1S/C11H21N3O/c1-5-6-12-10-13-9(15)11(4,14-10)7-8(2)3/h8H,5-7H2,1-4H3,(H2,12,13,14,15). The summed E-state index contributed by atoms with van der Waals surface area (Å²) < 4.78 is 0. The van der Waals surface area contributed by atoms with Crippen LogP contribution in [0.1, 0.15) is 40.5 Å². The Labute approximate surface area is 91.5 Å². The van der Waals surface area contributed by atoms with Gasteiger partial charge in [-0.15, -0.1) is 0 Å². The molecule has 1 aliphatic heterocycles. The first-order valence-corrected chi connectivity index (χ1v) is 5.62. The number of amides is 1. The Balaban J connectivity index is 2.66. The number of rotatable bonds is 4. The zero-order chi connectivity index (χ0) is 11.5. The Bertz CT molecular complexity index is 273. The fourth-order valence-corrected chi connectivity index (χ4v) is 1.86. The molecule has 1 rings (SSSR count). The fraction of sp³-hybridized carbons (Fsp3) is 0.818. The lowest BCUT2D eigenvalue weighted by atomic mass is 9.91. The van der Waals surface area contributed by atoms with Gasteiger partial charge in [-0.05, 0) is 25.7 Å². The van der Waals surface area contributed by atoms with Crippen LogP contribution in [0.5, 0.6) is 0 Å². The summed E-state index contributed by atoms with van der Waals surface area (Å²) in [5, 5.41) is 5.96. The van der Waals surface area contributed by atoms with Crippen molar-refractivity contribution >= 4 is 11.9 Å². The van der Waals surface area contributed by atoms with E-state index >= 15 is 0 Å². The highest BCUT2D eigenvalue weighted by Gasteiger charge is 2.40. The van der Waals surface area contributed by atoms with Crippen molar-refractivity contribution in [3.63, 3.8) is 0 Å². The molecule has 4 nitrogen and oxygen atoms in total. The minimum absolute atomic E-state index is 0.0334. The molecule has 2 N–H and O–H groups in total. The molecule has 0 spiro atoms. The Morgan fingerprint density at radius 3 is 2.67 bits per heavy atom. The first kappa shape index (κ1) is 12.0. The average molecular weight is 211 g/mol. The number of nitrogens with one attached hydrogen (secondary N) is 2. The average Bonchev–Trinajstić information content (AvgIpc) is 2.38. The van der Waals surface area contributed by atoms with E-state index in [1.807, 2.05) is 6.92 Å². The third kappa shape index (κ3) is 2.94. The fourth-order valence-electron chi connectivity index (χ4n) is 1.86. The van der Waals surface area contributed by atoms with Gasteiger partial charge in [0, 0.05) is 6.54 Å². The molecule has 1 atom stereocenters. The molecule has 1 heterocycles. The summed E-state index contributed by atoms with van der Waals surface area (Å²) in [6, 6.07) is 0. The lowest BCUT2D eigenvalue weighted by Crippen LogP contribution is -2.44. The quantitative estimate of drug-likeness (QED) is 0.736. The van der Waals surface area contributed by atoms with Gasteiger partial charge >= 0.3 is 0 Å². The maximum absolute atomic E-state index is 11.8.